The number of carbonyl (C=O) groups is 1. The molecule has 4 rings (SSSR count). The minimum Gasteiger partial charge on any atom is -0.468 e. The van der Waals surface area contributed by atoms with Gasteiger partial charge in [0.25, 0.3) is 5.91 Å². The molecule has 7 nitrogen and oxygen atoms in total. The number of fused-ring (bicyclic) bond motifs is 1. The number of nitrogens with zero attached hydrogens (tertiary/aromatic N) is 4. The number of aromatic nitrogens is 2. The monoisotopic (exact) mass is 328 g/mol. The second kappa shape index (κ2) is 6.70. The minimum absolute atomic E-state index is 0.0389. The van der Waals surface area contributed by atoms with Crippen molar-refractivity contribution in [3.63, 3.8) is 0 Å². The largest absolute Gasteiger partial charge is 0.468 e. The van der Waals surface area contributed by atoms with Gasteiger partial charge in [-0.3, -0.25) is 14.7 Å². The maximum atomic E-state index is 12.8. The molecule has 7 heteroatoms. The van der Waals surface area contributed by atoms with E-state index in [1.54, 1.807) is 18.7 Å². The number of hydrogen-bond acceptors (Lipinski definition) is 6. The third-order valence-corrected chi connectivity index (χ3v) is 4.67. The Balaban J connectivity index is 1.49. The van der Waals surface area contributed by atoms with Crippen molar-refractivity contribution in [2.75, 3.05) is 26.2 Å². The molecule has 2 aliphatic heterocycles. The molecule has 0 aromatic carbocycles. The third kappa shape index (κ3) is 3.05. The van der Waals surface area contributed by atoms with Crippen molar-refractivity contribution in [2.24, 2.45) is 0 Å². The van der Waals surface area contributed by atoms with Crippen LogP contribution in [0.25, 0.3) is 0 Å². The molecule has 2 aliphatic rings. The van der Waals surface area contributed by atoms with Crippen LogP contribution in [-0.4, -0.2) is 64.1 Å². The van der Waals surface area contributed by atoms with Crippen molar-refractivity contribution in [3.05, 3.63) is 48.4 Å². The Morgan fingerprint density at radius 2 is 2.29 bits per heavy atom. The molecule has 0 N–H and O–H groups in total. The van der Waals surface area contributed by atoms with Gasteiger partial charge in [0.05, 0.1) is 37.8 Å². The summed E-state index contributed by atoms with van der Waals surface area (Å²) in [6.07, 6.45) is 7.34. The fourth-order valence-corrected chi connectivity index (χ4v) is 3.51. The summed E-state index contributed by atoms with van der Waals surface area (Å²) >= 11 is 0. The molecule has 24 heavy (non-hydrogen) atoms. The van der Waals surface area contributed by atoms with E-state index in [-0.39, 0.29) is 18.1 Å². The topological polar surface area (TPSA) is 71.7 Å². The van der Waals surface area contributed by atoms with Crippen LogP contribution in [0.3, 0.4) is 0 Å². The van der Waals surface area contributed by atoms with E-state index in [1.807, 2.05) is 17.0 Å². The van der Waals surface area contributed by atoms with Crippen LogP contribution < -0.4 is 0 Å². The summed E-state index contributed by atoms with van der Waals surface area (Å²) in [6.45, 7) is 3.63. The normalized spacial score (nSPS) is 24.6. The zero-order valence-electron chi connectivity index (χ0n) is 13.4. The highest BCUT2D eigenvalue weighted by Gasteiger charge is 2.39. The fraction of sp³-hybridized carbons (Fsp3) is 0.471. The van der Waals surface area contributed by atoms with Gasteiger partial charge in [-0.25, -0.2) is 4.98 Å². The average Bonchev–Trinajstić information content (AvgIpc) is 3.14. The third-order valence-electron chi connectivity index (χ3n) is 4.67. The molecule has 0 spiro atoms. The molecule has 2 fully saturated rings. The van der Waals surface area contributed by atoms with Gasteiger partial charge in [-0.1, -0.05) is 0 Å². The number of hydrogen-bond donors (Lipinski definition) is 0. The number of amides is 1. The van der Waals surface area contributed by atoms with Crippen LogP contribution in [-0.2, 0) is 11.3 Å². The number of furan rings is 1. The van der Waals surface area contributed by atoms with Crippen LogP contribution in [0.4, 0.5) is 0 Å². The number of morpholine rings is 1. The zero-order valence-corrected chi connectivity index (χ0v) is 13.4. The molecule has 4 heterocycles. The van der Waals surface area contributed by atoms with Crippen LogP contribution in [0.1, 0.15) is 22.7 Å². The lowest BCUT2D eigenvalue weighted by Crippen LogP contribution is -2.61. The second-order valence-corrected chi connectivity index (χ2v) is 6.17. The number of likely N-dealkylation sites (tertiary alicyclic amines) is 1. The van der Waals surface area contributed by atoms with Crippen molar-refractivity contribution in [2.45, 2.75) is 25.1 Å². The van der Waals surface area contributed by atoms with E-state index < -0.39 is 0 Å². The molecule has 2 aromatic rings. The molecule has 2 aromatic heterocycles. The molecule has 126 valence electrons. The van der Waals surface area contributed by atoms with E-state index in [9.17, 15) is 4.79 Å². The standard InChI is InChI=1S/C17H20N4O3/c22-17(14-10-18-4-5-19-14)21-7-9-24-16-3-6-20(12-15(16)21)11-13-2-1-8-23-13/h1-2,4-5,8,10,15-16H,3,6-7,9,11-12H2/t15-,16-/m1/s1. The Hall–Kier alpha value is -2.25. The van der Waals surface area contributed by atoms with Crippen molar-refractivity contribution in [3.8, 4) is 0 Å². The van der Waals surface area contributed by atoms with E-state index in [1.165, 1.54) is 6.20 Å². The van der Waals surface area contributed by atoms with Gasteiger partial charge in [0.2, 0.25) is 0 Å². The Bertz CT molecular complexity index is 676. The van der Waals surface area contributed by atoms with E-state index in [2.05, 4.69) is 14.9 Å². The number of carbonyl (C=O) groups excluding carboxylic acids is 1. The Morgan fingerprint density at radius 1 is 1.33 bits per heavy atom. The lowest BCUT2D eigenvalue weighted by atomic mass is 9.98. The summed E-state index contributed by atoms with van der Waals surface area (Å²) in [5.41, 5.74) is 0.390. The first kappa shape index (κ1) is 15.3. The predicted octanol–water partition coefficient (Wildman–Crippen LogP) is 1.19. The SMILES string of the molecule is O=C(c1cnccn1)N1CCO[C@@H]2CCN(Cc3ccco3)C[C@H]21. The zero-order chi connectivity index (χ0) is 16.4. The first-order valence-electron chi connectivity index (χ1n) is 8.24. The molecule has 0 aliphatic carbocycles. The highest BCUT2D eigenvalue weighted by Crippen LogP contribution is 2.25. The van der Waals surface area contributed by atoms with Gasteiger partial charge in [0.15, 0.2) is 0 Å². The summed E-state index contributed by atoms with van der Waals surface area (Å²) in [5.74, 6) is 0.873. The van der Waals surface area contributed by atoms with Gasteiger partial charge in [-0.15, -0.1) is 0 Å². The summed E-state index contributed by atoms with van der Waals surface area (Å²) < 4.78 is 11.3. The van der Waals surface area contributed by atoms with Crippen molar-refractivity contribution in [1.29, 1.82) is 0 Å². The van der Waals surface area contributed by atoms with Crippen LogP contribution >= 0.6 is 0 Å². The molecule has 0 saturated carbocycles. The van der Waals surface area contributed by atoms with Gasteiger partial charge in [0.1, 0.15) is 11.5 Å². The lowest BCUT2D eigenvalue weighted by Gasteiger charge is -2.46. The molecule has 2 saturated heterocycles. The molecule has 0 bridgehead atoms. The van der Waals surface area contributed by atoms with Crippen LogP contribution in [0.2, 0.25) is 0 Å². The van der Waals surface area contributed by atoms with Gasteiger partial charge in [0, 0.05) is 32.0 Å². The first-order valence-corrected chi connectivity index (χ1v) is 8.24. The first-order chi connectivity index (χ1) is 11.8. The Labute approximate surface area is 140 Å². The summed E-state index contributed by atoms with van der Waals surface area (Å²) in [4.78, 5) is 25.2. The highest BCUT2D eigenvalue weighted by atomic mass is 16.5. The van der Waals surface area contributed by atoms with E-state index in [0.717, 1.165) is 31.8 Å². The van der Waals surface area contributed by atoms with Gasteiger partial charge < -0.3 is 14.1 Å². The van der Waals surface area contributed by atoms with E-state index in [0.29, 0.717) is 18.8 Å². The Kier molecular flexibility index (Phi) is 4.27. The van der Waals surface area contributed by atoms with Gasteiger partial charge >= 0.3 is 0 Å². The Morgan fingerprint density at radius 3 is 3.08 bits per heavy atom. The average molecular weight is 328 g/mol. The molecule has 1 amide bonds. The smallest absolute Gasteiger partial charge is 0.274 e. The van der Waals surface area contributed by atoms with E-state index in [4.69, 9.17) is 9.15 Å². The van der Waals surface area contributed by atoms with E-state index >= 15 is 0 Å². The highest BCUT2D eigenvalue weighted by molar-refractivity contribution is 5.92. The number of rotatable bonds is 3. The summed E-state index contributed by atoms with van der Waals surface area (Å²) in [6, 6.07) is 3.92. The number of ether oxygens (including phenoxy) is 1. The molecular weight excluding hydrogens is 308 g/mol. The van der Waals surface area contributed by atoms with Crippen molar-refractivity contribution >= 4 is 5.91 Å². The van der Waals surface area contributed by atoms with Gasteiger partial charge in [-0.05, 0) is 18.6 Å². The molecule has 0 radical (unpaired) electrons. The second-order valence-electron chi connectivity index (χ2n) is 6.17. The van der Waals surface area contributed by atoms with Crippen LogP contribution in [0.15, 0.2) is 41.4 Å². The van der Waals surface area contributed by atoms with Crippen LogP contribution in [0, 0.1) is 0 Å². The predicted molar refractivity (Wildman–Crippen MR) is 85.2 cm³/mol. The summed E-state index contributed by atoms with van der Waals surface area (Å²) in [5, 5.41) is 0. The molecular formula is C17H20N4O3. The molecule has 2 atom stereocenters. The maximum Gasteiger partial charge on any atom is 0.274 e. The van der Waals surface area contributed by atoms with Crippen molar-refractivity contribution in [1.82, 2.24) is 19.8 Å². The molecule has 0 unspecified atom stereocenters. The minimum atomic E-state index is -0.0683. The number of piperidine rings is 1. The van der Waals surface area contributed by atoms with Gasteiger partial charge in [-0.2, -0.15) is 0 Å². The summed E-state index contributed by atoms with van der Waals surface area (Å²) in [7, 11) is 0. The van der Waals surface area contributed by atoms with Crippen LogP contribution in [0.5, 0.6) is 0 Å². The fourth-order valence-electron chi connectivity index (χ4n) is 3.51. The quantitative estimate of drug-likeness (QED) is 0.843. The van der Waals surface area contributed by atoms with Crippen molar-refractivity contribution < 1.29 is 13.9 Å². The maximum absolute atomic E-state index is 12.8. The lowest BCUT2D eigenvalue weighted by molar-refractivity contribution is -0.0921.